The number of aromatic hydroxyl groups is 1. The van der Waals surface area contributed by atoms with Crippen LogP contribution in [0.2, 0.25) is 0 Å². The van der Waals surface area contributed by atoms with Crippen LogP contribution in [0.1, 0.15) is 17.5 Å². The van der Waals surface area contributed by atoms with Gasteiger partial charge in [-0.2, -0.15) is 13.2 Å². The van der Waals surface area contributed by atoms with E-state index in [4.69, 9.17) is 10.6 Å². The molecule has 0 aliphatic carbocycles. The molecule has 0 spiro atoms. The number of hydrogen-bond acceptors (Lipinski definition) is 2. The van der Waals surface area contributed by atoms with Crippen LogP contribution in [0.25, 0.3) is 10.4 Å². The lowest BCUT2D eigenvalue weighted by atomic mass is 10.1. The van der Waals surface area contributed by atoms with Gasteiger partial charge in [0.1, 0.15) is 5.75 Å². The van der Waals surface area contributed by atoms with Gasteiger partial charge in [-0.3, -0.25) is 0 Å². The van der Waals surface area contributed by atoms with Gasteiger partial charge in [0.2, 0.25) is 0 Å². The molecular formula is C11H8F3N3O. The highest BCUT2D eigenvalue weighted by Gasteiger charge is 2.33. The fraction of sp³-hybridized carbons (Fsp3) is 0.273. The Morgan fingerprint density at radius 1 is 1.39 bits per heavy atom. The summed E-state index contributed by atoms with van der Waals surface area (Å²) in [5, 5.41) is 12.2. The van der Waals surface area contributed by atoms with Crippen LogP contribution < -0.4 is 0 Å². The SMILES string of the molecule is [N-]=[N+]=NCCC#Cc1ccc(O)cc1C(F)(F)F. The predicted molar refractivity (Wildman–Crippen MR) is 58.6 cm³/mol. The standard InChI is InChI=1S/C11H8F3N3O/c12-11(13,14)10-7-9(18)5-4-8(10)3-1-2-6-16-17-15/h4-5,7,18H,2,6H2. The van der Waals surface area contributed by atoms with Crippen LogP contribution in [-0.4, -0.2) is 11.7 Å². The van der Waals surface area contributed by atoms with Crippen molar-refractivity contribution in [1.29, 1.82) is 0 Å². The minimum atomic E-state index is -4.58. The lowest BCUT2D eigenvalue weighted by Gasteiger charge is -2.09. The number of hydrogen-bond donors (Lipinski definition) is 1. The van der Waals surface area contributed by atoms with Crippen LogP contribution in [0.4, 0.5) is 13.2 Å². The van der Waals surface area contributed by atoms with E-state index in [2.05, 4.69) is 21.9 Å². The summed E-state index contributed by atoms with van der Waals surface area (Å²) in [7, 11) is 0. The summed E-state index contributed by atoms with van der Waals surface area (Å²) in [6.07, 6.45) is -4.41. The third-order valence-corrected chi connectivity index (χ3v) is 1.93. The first-order valence-corrected chi connectivity index (χ1v) is 4.85. The minimum absolute atomic E-state index is 0.100. The van der Waals surface area contributed by atoms with Crippen LogP contribution in [0.15, 0.2) is 23.3 Å². The first-order valence-electron chi connectivity index (χ1n) is 4.85. The van der Waals surface area contributed by atoms with Gasteiger partial charge in [-0.25, -0.2) is 0 Å². The summed E-state index contributed by atoms with van der Waals surface area (Å²) >= 11 is 0. The zero-order valence-electron chi connectivity index (χ0n) is 9.07. The molecule has 0 amide bonds. The number of alkyl halides is 3. The Bertz CT molecular complexity index is 537. The third kappa shape index (κ3) is 3.92. The van der Waals surface area contributed by atoms with Gasteiger partial charge in [-0.1, -0.05) is 17.0 Å². The zero-order chi connectivity index (χ0) is 13.6. The summed E-state index contributed by atoms with van der Waals surface area (Å²) in [5.41, 5.74) is 6.79. The summed E-state index contributed by atoms with van der Waals surface area (Å²) in [4.78, 5) is 2.49. The second kappa shape index (κ2) is 5.84. The number of rotatable bonds is 2. The summed E-state index contributed by atoms with van der Waals surface area (Å²) in [6.45, 7) is 0.100. The Morgan fingerprint density at radius 3 is 2.72 bits per heavy atom. The number of benzene rings is 1. The monoisotopic (exact) mass is 255 g/mol. The third-order valence-electron chi connectivity index (χ3n) is 1.93. The molecule has 0 saturated heterocycles. The van der Waals surface area contributed by atoms with E-state index < -0.39 is 17.5 Å². The van der Waals surface area contributed by atoms with Gasteiger partial charge >= 0.3 is 6.18 Å². The molecule has 0 bridgehead atoms. The molecule has 0 aliphatic heterocycles. The predicted octanol–water partition coefficient (Wildman–Crippen LogP) is 3.46. The van der Waals surface area contributed by atoms with Crippen LogP contribution in [0, 0.1) is 11.8 Å². The molecule has 1 aromatic carbocycles. The van der Waals surface area contributed by atoms with Crippen molar-refractivity contribution >= 4 is 0 Å². The van der Waals surface area contributed by atoms with E-state index in [-0.39, 0.29) is 18.5 Å². The highest BCUT2D eigenvalue weighted by molar-refractivity contribution is 5.46. The van der Waals surface area contributed by atoms with Gasteiger partial charge in [0.25, 0.3) is 0 Å². The maximum atomic E-state index is 12.6. The molecule has 1 aromatic rings. The second-order valence-electron chi connectivity index (χ2n) is 3.23. The van der Waals surface area contributed by atoms with Gasteiger partial charge in [-0.05, 0) is 23.7 Å². The van der Waals surface area contributed by atoms with Crippen molar-refractivity contribution in [3.05, 3.63) is 39.8 Å². The molecular weight excluding hydrogens is 247 g/mol. The van der Waals surface area contributed by atoms with Crippen molar-refractivity contribution < 1.29 is 18.3 Å². The average molecular weight is 255 g/mol. The van der Waals surface area contributed by atoms with Crippen LogP contribution >= 0.6 is 0 Å². The van der Waals surface area contributed by atoms with Crippen molar-refractivity contribution in [3.8, 4) is 17.6 Å². The van der Waals surface area contributed by atoms with Crippen molar-refractivity contribution in [3.63, 3.8) is 0 Å². The van der Waals surface area contributed by atoms with Crippen LogP contribution in [0.5, 0.6) is 5.75 Å². The Morgan fingerprint density at radius 2 is 2.11 bits per heavy atom. The molecule has 1 rings (SSSR count). The topological polar surface area (TPSA) is 69.0 Å². The highest BCUT2D eigenvalue weighted by atomic mass is 19.4. The summed E-state index contributed by atoms with van der Waals surface area (Å²) in [6, 6.07) is 2.85. The number of phenols is 1. The first kappa shape index (κ1) is 13.7. The lowest BCUT2D eigenvalue weighted by molar-refractivity contribution is -0.137. The van der Waals surface area contributed by atoms with Gasteiger partial charge in [0.05, 0.1) is 5.56 Å². The minimum Gasteiger partial charge on any atom is -0.508 e. The molecule has 94 valence electrons. The Balaban J connectivity index is 2.98. The Hall–Kier alpha value is -2.32. The van der Waals surface area contributed by atoms with Crippen LogP contribution in [0.3, 0.4) is 0 Å². The first-order chi connectivity index (χ1) is 8.45. The maximum absolute atomic E-state index is 12.6. The van der Waals surface area contributed by atoms with Crippen molar-refractivity contribution in [2.45, 2.75) is 12.6 Å². The molecule has 0 fully saturated rings. The number of azide groups is 1. The number of halogens is 3. The normalized spacial score (nSPS) is 10.2. The second-order valence-corrected chi connectivity index (χ2v) is 3.23. The van der Waals surface area contributed by atoms with Crippen molar-refractivity contribution in [2.75, 3.05) is 6.54 Å². The largest absolute Gasteiger partial charge is 0.508 e. The number of phenolic OH excluding ortho intramolecular Hbond substituents is 1. The van der Waals surface area contributed by atoms with Crippen LogP contribution in [-0.2, 0) is 6.18 Å². The van der Waals surface area contributed by atoms with Gasteiger partial charge in [-0.15, -0.1) is 0 Å². The van der Waals surface area contributed by atoms with Crippen molar-refractivity contribution in [1.82, 2.24) is 0 Å². The average Bonchev–Trinajstić information content (AvgIpc) is 2.29. The molecule has 0 radical (unpaired) electrons. The molecule has 1 N–H and O–H groups in total. The molecule has 4 nitrogen and oxygen atoms in total. The van der Waals surface area contributed by atoms with E-state index in [0.29, 0.717) is 6.07 Å². The molecule has 0 aliphatic rings. The summed E-state index contributed by atoms with van der Waals surface area (Å²) < 4.78 is 37.8. The van der Waals surface area contributed by atoms with Gasteiger partial charge in [0, 0.05) is 23.4 Å². The summed E-state index contributed by atoms with van der Waals surface area (Å²) in [5.74, 6) is 4.34. The molecule has 0 aromatic heterocycles. The molecule has 0 heterocycles. The van der Waals surface area contributed by atoms with Gasteiger partial charge in [0.15, 0.2) is 0 Å². The highest BCUT2D eigenvalue weighted by Crippen LogP contribution is 2.33. The van der Waals surface area contributed by atoms with E-state index >= 15 is 0 Å². The van der Waals surface area contributed by atoms with Gasteiger partial charge < -0.3 is 5.11 Å². The van der Waals surface area contributed by atoms with E-state index in [1.165, 1.54) is 0 Å². The number of nitrogens with zero attached hydrogens (tertiary/aromatic N) is 3. The Kier molecular flexibility index (Phi) is 4.46. The molecule has 0 saturated carbocycles. The molecule has 18 heavy (non-hydrogen) atoms. The zero-order valence-corrected chi connectivity index (χ0v) is 9.07. The smallest absolute Gasteiger partial charge is 0.417 e. The lowest BCUT2D eigenvalue weighted by Crippen LogP contribution is -2.07. The van der Waals surface area contributed by atoms with E-state index in [1.807, 2.05) is 0 Å². The van der Waals surface area contributed by atoms with Crippen molar-refractivity contribution in [2.24, 2.45) is 5.11 Å². The fourth-order valence-electron chi connectivity index (χ4n) is 1.18. The molecule has 0 atom stereocenters. The Labute approximate surface area is 101 Å². The van der Waals surface area contributed by atoms with E-state index in [0.717, 1.165) is 12.1 Å². The molecule has 0 unspecified atom stereocenters. The quantitative estimate of drug-likeness (QED) is 0.284. The van der Waals surface area contributed by atoms with E-state index in [9.17, 15) is 13.2 Å². The maximum Gasteiger partial charge on any atom is 0.417 e. The fourth-order valence-corrected chi connectivity index (χ4v) is 1.18. The molecule has 7 heteroatoms. The van der Waals surface area contributed by atoms with E-state index in [1.54, 1.807) is 0 Å².